The minimum Gasteiger partial charge on any atom is -0.347 e. The molecular formula is C25H41N5O5. The SMILES string of the molecule is CC(=O)N1CCN(C(=O)NC2(C(=O)NC(C(=O)C(=O)NC3CCCC3)C(C)C)CCCCC2)CC1. The summed E-state index contributed by atoms with van der Waals surface area (Å²) in [4.78, 5) is 67.2. The standard InChI is InChI=1S/C25H41N5O5/c1-17(2)20(21(32)22(33)26-19-9-5-6-10-19)27-23(34)25(11-7-4-8-12-25)28-24(35)30-15-13-29(14-16-30)18(3)31/h17,19-20H,4-16H2,1-3H3,(H,26,33)(H,27,34)(H,28,35). The molecule has 1 aliphatic heterocycles. The molecule has 10 heteroatoms. The molecule has 3 rings (SSSR count). The molecule has 3 N–H and O–H groups in total. The van der Waals surface area contributed by atoms with Crippen molar-refractivity contribution in [2.45, 2.75) is 96.2 Å². The molecule has 10 nitrogen and oxygen atoms in total. The van der Waals surface area contributed by atoms with E-state index in [4.69, 9.17) is 0 Å². The van der Waals surface area contributed by atoms with Crippen molar-refractivity contribution in [3.05, 3.63) is 0 Å². The van der Waals surface area contributed by atoms with Crippen molar-refractivity contribution in [2.75, 3.05) is 26.2 Å². The van der Waals surface area contributed by atoms with Crippen LogP contribution in [0.1, 0.15) is 78.6 Å². The highest BCUT2D eigenvalue weighted by Crippen LogP contribution is 2.29. The van der Waals surface area contributed by atoms with Gasteiger partial charge in [0.1, 0.15) is 5.54 Å². The molecule has 3 aliphatic rings. The van der Waals surface area contributed by atoms with Gasteiger partial charge in [-0.15, -0.1) is 0 Å². The first-order valence-corrected chi connectivity index (χ1v) is 13.1. The Balaban J connectivity index is 1.67. The molecule has 35 heavy (non-hydrogen) atoms. The summed E-state index contributed by atoms with van der Waals surface area (Å²) < 4.78 is 0. The fourth-order valence-electron chi connectivity index (χ4n) is 5.35. The van der Waals surface area contributed by atoms with Gasteiger partial charge >= 0.3 is 6.03 Å². The second kappa shape index (κ2) is 11.9. The van der Waals surface area contributed by atoms with Gasteiger partial charge in [-0.3, -0.25) is 19.2 Å². The van der Waals surface area contributed by atoms with Crippen LogP contribution in [0.15, 0.2) is 0 Å². The summed E-state index contributed by atoms with van der Waals surface area (Å²) in [5, 5.41) is 8.62. The molecule has 0 spiro atoms. The quantitative estimate of drug-likeness (QED) is 0.463. The molecule has 1 atom stereocenters. The van der Waals surface area contributed by atoms with E-state index in [1.165, 1.54) is 6.92 Å². The van der Waals surface area contributed by atoms with E-state index >= 15 is 0 Å². The van der Waals surface area contributed by atoms with Gasteiger partial charge in [0.2, 0.25) is 17.6 Å². The zero-order chi connectivity index (χ0) is 25.6. The molecular weight excluding hydrogens is 450 g/mol. The summed E-state index contributed by atoms with van der Waals surface area (Å²) in [7, 11) is 0. The van der Waals surface area contributed by atoms with Crippen molar-refractivity contribution in [1.29, 1.82) is 0 Å². The monoisotopic (exact) mass is 491 g/mol. The predicted molar refractivity (Wildman–Crippen MR) is 130 cm³/mol. The van der Waals surface area contributed by atoms with Crippen LogP contribution in [0.4, 0.5) is 4.79 Å². The van der Waals surface area contributed by atoms with E-state index in [-0.39, 0.29) is 23.9 Å². The van der Waals surface area contributed by atoms with E-state index in [1.54, 1.807) is 23.6 Å². The Labute approximate surface area is 207 Å². The zero-order valence-electron chi connectivity index (χ0n) is 21.4. The lowest BCUT2D eigenvalue weighted by Gasteiger charge is -2.41. The summed E-state index contributed by atoms with van der Waals surface area (Å²) in [6, 6.07) is -1.28. The molecule has 0 radical (unpaired) electrons. The van der Waals surface area contributed by atoms with Crippen molar-refractivity contribution in [1.82, 2.24) is 25.8 Å². The highest BCUT2D eigenvalue weighted by molar-refractivity contribution is 6.38. The molecule has 1 unspecified atom stereocenters. The number of carbonyl (C=O) groups excluding carboxylic acids is 5. The number of nitrogens with one attached hydrogen (secondary N) is 3. The molecule has 0 aromatic heterocycles. The van der Waals surface area contributed by atoms with Crippen molar-refractivity contribution in [2.24, 2.45) is 5.92 Å². The molecule has 3 fully saturated rings. The second-order valence-electron chi connectivity index (χ2n) is 10.6. The average molecular weight is 492 g/mol. The maximum Gasteiger partial charge on any atom is 0.318 e. The first kappa shape index (κ1) is 26.9. The lowest BCUT2D eigenvalue weighted by molar-refractivity contribution is -0.142. The lowest BCUT2D eigenvalue weighted by Crippen LogP contribution is -2.65. The molecule has 2 aliphatic carbocycles. The number of piperazine rings is 1. The summed E-state index contributed by atoms with van der Waals surface area (Å²) >= 11 is 0. The summed E-state index contributed by atoms with van der Waals surface area (Å²) in [6.45, 7) is 6.83. The fourth-order valence-corrected chi connectivity index (χ4v) is 5.35. The van der Waals surface area contributed by atoms with E-state index in [0.29, 0.717) is 39.0 Å². The zero-order valence-corrected chi connectivity index (χ0v) is 21.4. The first-order valence-electron chi connectivity index (χ1n) is 13.1. The van der Waals surface area contributed by atoms with E-state index in [2.05, 4.69) is 16.0 Å². The number of rotatable bonds is 7. The number of hydrogen-bond acceptors (Lipinski definition) is 5. The Morgan fingerprint density at radius 1 is 0.829 bits per heavy atom. The number of hydrogen-bond donors (Lipinski definition) is 3. The van der Waals surface area contributed by atoms with E-state index in [0.717, 1.165) is 44.9 Å². The summed E-state index contributed by atoms with van der Waals surface area (Å²) in [6.07, 6.45) is 7.31. The molecule has 196 valence electrons. The molecule has 0 aromatic rings. The van der Waals surface area contributed by atoms with E-state index < -0.39 is 29.2 Å². The number of Topliss-reactive ketones (excluding diaryl/α,β-unsaturated/α-hetero) is 1. The van der Waals surface area contributed by atoms with Gasteiger partial charge in [0, 0.05) is 39.1 Å². The van der Waals surface area contributed by atoms with Crippen LogP contribution in [0, 0.1) is 5.92 Å². The Bertz CT molecular complexity index is 809. The third kappa shape index (κ3) is 6.73. The van der Waals surface area contributed by atoms with E-state index in [1.807, 2.05) is 0 Å². The molecule has 2 saturated carbocycles. The lowest BCUT2D eigenvalue weighted by atomic mass is 9.80. The smallest absolute Gasteiger partial charge is 0.318 e. The highest BCUT2D eigenvalue weighted by atomic mass is 16.2. The average Bonchev–Trinajstić information content (AvgIpc) is 3.35. The van der Waals surface area contributed by atoms with E-state index in [9.17, 15) is 24.0 Å². The van der Waals surface area contributed by atoms with Gasteiger partial charge in [-0.25, -0.2) is 4.79 Å². The molecule has 0 aromatic carbocycles. The van der Waals surface area contributed by atoms with Gasteiger partial charge in [-0.1, -0.05) is 46.0 Å². The minimum absolute atomic E-state index is 0.0161. The third-order valence-electron chi connectivity index (χ3n) is 7.65. The van der Waals surface area contributed by atoms with Gasteiger partial charge in [0.15, 0.2) is 0 Å². The van der Waals surface area contributed by atoms with Crippen LogP contribution in [0.5, 0.6) is 0 Å². The maximum absolute atomic E-state index is 13.6. The van der Waals surface area contributed by atoms with Crippen LogP contribution in [-0.2, 0) is 19.2 Å². The molecule has 1 saturated heterocycles. The fraction of sp³-hybridized carbons (Fsp3) is 0.800. The van der Waals surface area contributed by atoms with Crippen molar-refractivity contribution in [3.8, 4) is 0 Å². The minimum atomic E-state index is -1.12. The normalized spacial score (nSPS) is 21.4. The second-order valence-corrected chi connectivity index (χ2v) is 10.6. The van der Waals surface area contributed by atoms with Crippen LogP contribution < -0.4 is 16.0 Å². The Morgan fingerprint density at radius 2 is 1.40 bits per heavy atom. The Morgan fingerprint density at radius 3 is 1.94 bits per heavy atom. The topological polar surface area (TPSA) is 128 Å². The van der Waals surface area contributed by atoms with Gasteiger partial charge in [-0.2, -0.15) is 0 Å². The molecule has 5 amide bonds. The summed E-state index contributed by atoms with van der Waals surface area (Å²) in [5.41, 5.74) is -1.12. The van der Waals surface area contributed by atoms with Crippen LogP contribution in [0.25, 0.3) is 0 Å². The van der Waals surface area contributed by atoms with Gasteiger partial charge in [0.05, 0.1) is 6.04 Å². The number of amides is 5. The number of nitrogens with zero attached hydrogens (tertiary/aromatic N) is 2. The number of ketones is 1. The predicted octanol–water partition coefficient (Wildman–Crippen LogP) is 1.33. The number of carbonyl (C=O) groups is 5. The Kier molecular flexibility index (Phi) is 9.13. The van der Waals surface area contributed by atoms with Crippen LogP contribution in [0.2, 0.25) is 0 Å². The number of urea groups is 1. The first-order chi connectivity index (χ1) is 16.6. The van der Waals surface area contributed by atoms with Gasteiger partial charge in [0.25, 0.3) is 5.91 Å². The van der Waals surface area contributed by atoms with Crippen LogP contribution in [-0.4, -0.2) is 83.1 Å². The van der Waals surface area contributed by atoms with Gasteiger partial charge in [-0.05, 0) is 31.6 Å². The largest absolute Gasteiger partial charge is 0.347 e. The van der Waals surface area contributed by atoms with Crippen molar-refractivity contribution in [3.63, 3.8) is 0 Å². The van der Waals surface area contributed by atoms with Crippen molar-refractivity contribution >= 4 is 29.5 Å². The van der Waals surface area contributed by atoms with Crippen LogP contribution in [0.3, 0.4) is 0 Å². The Hall–Kier alpha value is -2.65. The molecule has 0 bridgehead atoms. The summed E-state index contributed by atoms with van der Waals surface area (Å²) in [5.74, 6) is -2.00. The molecule has 1 heterocycles. The maximum atomic E-state index is 13.6. The van der Waals surface area contributed by atoms with Crippen molar-refractivity contribution < 1.29 is 24.0 Å². The van der Waals surface area contributed by atoms with Gasteiger partial charge < -0.3 is 25.8 Å². The highest BCUT2D eigenvalue weighted by Gasteiger charge is 2.44. The third-order valence-corrected chi connectivity index (χ3v) is 7.65. The van der Waals surface area contributed by atoms with Crippen LogP contribution >= 0.6 is 0 Å².